The summed E-state index contributed by atoms with van der Waals surface area (Å²) < 4.78 is 4.71. The smallest absolute Gasteiger partial charge is 0.145 e. The van der Waals surface area contributed by atoms with Crippen molar-refractivity contribution in [2.24, 2.45) is 0 Å². The summed E-state index contributed by atoms with van der Waals surface area (Å²) in [6, 6.07) is 54.2. The number of nitrogens with zero attached hydrogens (tertiary/aromatic N) is 3. The molecule has 0 unspecified atom stereocenters. The number of hydrogen-bond donors (Lipinski definition) is 0. The van der Waals surface area contributed by atoms with Crippen LogP contribution in [0.1, 0.15) is 0 Å². The second-order valence-electron chi connectivity index (χ2n) is 10.9. The molecule has 0 fully saturated rings. The van der Waals surface area contributed by atoms with E-state index in [1.807, 2.05) is 0 Å². The number of benzene rings is 7. The lowest BCUT2D eigenvalue weighted by atomic mass is 10.0. The van der Waals surface area contributed by atoms with Crippen LogP contribution >= 0.6 is 0 Å². The summed E-state index contributed by atoms with van der Waals surface area (Å²) in [5, 5.41) is 7.36. The minimum atomic E-state index is 0.943. The van der Waals surface area contributed by atoms with Crippen molar-refractivity contribution >= 4 is 54.4 Å². The van der Waals surface area contributed by atoms with Gasteiger partial charge >= 0.3 is 0 Å². The van der Waals surface area contributed by atoms with Gasteiger partial charge in [0.1, 0.15) is 5.82 Å². The maximum absolute atomic E-state index is 5.27. The molecule has 3 nitrogen and oxygen atoms in total. The summed E-state index contributed by atoms with van der Waals surface area (Å²) in [5.74, 6) is 0.943. The van der Waals surface area contributed by atoms with E-state index < -0.39 is 0 Å². The maximum atomic E-state index is 5.27. The number of aromatic nitrogens is 3. The summed E-state index contributed by atoms with van der Waals surface area (Å²) in [6.07, 6.45) is 0. The van der Waals surface area contributed by atoms with Gasteiger partial charge in [-0.1, -0.05) is 109 Å². The topological polar surface area (TPSA) is 22.8 Å². The van der Waals surface area contributed by atoms with E-state index in [1.54, 1.807) is 0 Å². The molecule has 0 saturated heterocycles. The molecule has 0 saturated carbocycles. The van der Waals surface area contributed by atoms with Crippen molar-refractivity contribution in [2.75, 3.05) is 0 Å². The van der Waals surface area contributed by atoms with Gasteiger partial charge in [-0.15, -0.1) is 0 Å². The zero-order chi connectivity index (χ0) is 27.6. The second-order valence-corrected chi connectivity index (χ2v) is 10.9. The highest BCUT2D eigenvalue weighted by atomic mass is 15.1. The van der Waals surface area contributed by atoms with E-state index in [0.29, 0.717) is 0 Å². The average Bonchev–Trinajstić information content (AvgIpc) is 3.60. The van der Waals surface area contributed by atoms with E-state index in [2.05, 4.69) is 161 Å². The Morgan fingerprint density at radius 2 is 1.12 bits per heavy atom. The van der Waals surface area contributed by atoms with Gasteiger partial charge in [-0.25, -0.2) is 4.98 Å². The third-order valence-electron chi connectivity index (χ3n) is 8.46. The quantitative estimate of drug-likeness (QED) is 0.221. The molecular weight excluding hydrogens is 510 g/mol. The first-order chi connectivity index (χ1) is 20.8. The van der Waals surface area contributed by atoms with E-state index in [0.717, 1.165) is 33.8 Å². The van der Waals surface area contributed by atoms with Crippen molar-refractivity contribution in [3.63, 3.8) is 0 Å². The van der Waals surface area contributed by atoms with E-state index in [-0.39, 0.29) is 0 Å². The Morgan fingerprint density at radius 1 is 0.405 bits per heavy atom. The molecular formula is C39H25N3. The molecule has 0 spiro atoms. The number of rotatable bonds is 3. The van der Waals surface area contributed by atoms with Crippen molar-refractivity contribution in [3.8, 4) is 22.8 Å². The van der Waals surface area contributed by atoms with Gasteiger partial charge in [-0.2, -0.15) is 0 Å². The minimum absolute atomic E-state index is 0.943. The molecule has 0 radical (unpaired) electrons. The van der Waals surface area contributed by atoms with Crippen LogP contribution in [-0.4, -0.2) is 14.1 Å². The summed E-state index contributed by atoms with van der Waals surface area (Å²) in [4.78, 5) is 5.27. The SMILES string of the molecule is c1ccc(-c2nc3cc4c(ccc5c6ccccc6n(-c6ccc7ccccc7c6)c45)cc3n2-c2ccccc2)cc1. The van der Waals surface area contributed by atoms with Crippen LogP contribution in [0.5, 0.6) is 0 Å². The third kappa shape index (κ3) is 3.37. The molecule has 0 N–H and O–H groups in total. The zero-order valence-corrected chi connectivity index (χ0v) is 22.8. The van der Waals surface area contributed by atoms with Crippen LogP contribution in [0, 0.1) is 0 Å². The Labute approximate surface area is 242 Å². The molecule has 0 amide bonds. The van der Waals surface area contributed by atoms with Gasteiger partial charge in [-0.05, 0) is 58.6 Å². The van der Waals surface area contributed by atoms with Crippen molar-refractivity contribution in [2.45, 2.75) is 0 Å². The van der Waals surface area contributed by atoms with E-state index >= 15 is 0 Å². The van der Waals surface area contributed by atoms with Gasteiger partial charge in [0.05, 0.1) is 22.1 Å². The first-order valence-corrected chi connectivity index (χ1v) is 14.3. The summed E-state index contributed by atoms with van der Waals surface area (Å²) in [5.41, 5.74) is 7.85. The molecule has 7 aromatic carbocycles. The average molecular weight is 536 g/mol. The van der Waals surface area contributed by atoms with Crippen molar-refractivity contribution in [1.29, 1.82) is 0 Å². The van der Waals surface area contributed by atoms with Crippen LogP contribution in [-0.2, 0) is 0 Å². The molecule has 0 aliphatic heterocycles. The van der Waals surface area contributed by atoms with E-state index in [4.69, 9.17) is 4.98 Å². The summed E-state index contributed by atoms with van der Waals surface area (Å²) in [7, 11) is 0. The van der Waals surface area contributed by atoms with Crippen molar-refractivity contribution in [3.05, 3.63) is 152 Å². The molecule has 9 aromatic rings. The maximum Gasteiger partial charge on any atom is 0.145 e. The molecule has 0 bridgehead atoms. The lowest BCUT2D eigenvalue weighted by molar-refractivity contribution is 1.10. The fraction of sp³-hybridized carbons (Fsp3) is 0. The second kappa shape index (κ2) is 8.92. The van der Waals surface area contributed by atoms with Gasteiger partial charge in [0.2, 0.25) is 0 Å². The minimum Gasteiger partial charge on any atom is -0.309 e. The Balaban J connectivity index is 1.41. The predicted molar refractivity (Wildman–Crippen MR) is 176 cm³/mol. The Bertz CT molecular complexity index is 2450. The number of hydrogen-bond acceptors (Lipinski definition) is 1. The van der Waals surface area contributed by atoms with E-state index in [1.165, 1.54) is 43.4 Å². The van der Waals surface area contributed by atoms with Gasteiger partial charge in [0, 0.05) is 33.1 Å². The largest absolute Gasteiger partial charge is 0.309 e. The third-order valence-corrected chi connectivity index (χ3v) is 8.46. The number of para-hydroxylation sites is 2. The van der Waals surface area contributed by atoms with Gasteiger partial charge < -0.3 is 4.57 Å². The van der Waals surface area contributed by atoms with Crippen LogP contribution in [0.15, 0.2) is 152 Å². The predicted octanol–water partition coefficient (Wildman–Crippen LogP) is 10.1. The highest BCUT2D eigenvalue weighted by molar-refractivity contribution is 6.20. The van der Waals surface area contributed by atoms with Crippen molar-refractivity contribution < 1.29 is 0 Å². The molecule has 2 heterocycles. The molecule has 0 aliphatic carbocycles. The molecule has 2 aromatic heterocycles. The molecule has 9 rings (SSSR count). The van der Waals surface area contributed by atoms with Gasteiger partial charge in [0.25, 0.3) is 0 Å². The van der Waals surface area contributed by atoms with Gasteiger partial charge in [0.15, 0.2) is 0 Å². The first-order valence-electron chi connectivity index (χ1n) is 14.3. The van der Waals surface area contributed by atoms with Crippen LogP contribution in [0.2, 0.25) is 0 Å². The Morgan fingerprint density at radius 3 is 1.98 bits per heavy atom. The molecule has 0 atom stereocenters. The normalized spacial score (nSPS) is 11.8. The van der Waals surface area contributed by atoms with Crippen LogP contribution in [0.4, 0.5) is 0 Å². The van der Waals surface area contributed by atoms with Crippen molar-refractivity contribution in [1.82, 2.24) is 14.1 Å². The fourth-order valence-electron chi connectivity index (χ4n) is 6.56. The molecule has 3 heteroatoms. The highest BCUT2D eigenvalue weighted by Gasteiger charge is 2.19. The standard InChI is InChI=1S/C39H25N3/c1-3-12-27(13-4-1)39-40-35-25-34-29(24-37(35)42(39)30-15-5-2-6-16-30)20-22-33-32-17-9-10-18-36(32)41(38(33)34)31-21-19-26-11-7-8-14-28(26)23-31/h1-25H. The summed E-state index contributed by atoms with van der Waals surface area (Å²) in [6.45, 7) is 0. The fourth-order valence-corrected chi connectivity index (χ4v) is 6.56. The van der Waals surface area contributed by atoms with Crippen LogP contribution in [0.25, 0.3) is 77.1 Å². The number of fused-ring (bicyclic) bond motifs is 7. The number of imidazole rings is 1. The van der Waals surface area contributed by atoms with E-state index in [9.17, 15) is 0 Å². The van der Waals surface area contributed by atoms with Gasteiger partial charge in [-0.3, -0.25) is 4.57 Å². The Hall–Kier alpha value is -5.67. The lowest BCUT2D eigenvalue weighted by Gasteiger charge is -2.12. The molecule has 0 aliphatic rings. The van der Waals surface area contributed by atoms with Crippen LogP contribution < -0.4 is 0 Å². The highest BCUT2D eigenvalue weighted by Crippen LogP contribution is 2.39. The monoisotopic (exact) mass is 535 g/mol. The first kappa shape index (κ1) is 23.1. The Kier molecular flexibility index (Phi) is 4.90. The summed E-state index contributed by atoms with van der Waals surface area (Å²) >= 11 is 0. The molecule has 42 heavy (non-hydrogen) atoms. The lowest BCUT2D eigenvalue weighted by Crippen LogP contribution is -1.97. The zero-order valence-electron chi connectivity index (χ0n) is 22.8. The van der Waals surface area contributed by atoms with Crippen LogP contribution in [0.3, 0.4) is 0 Å². The molecule has 196 valence electrons.